The summed E-state index contributed by atoms with van der Waals surface area (Å²) >= 11 is 0. The molecule has 0 saturated carbocycles. The summed E-state index contributed by atoms with van der Waals surface area (Å²) in [6.07, 6.45) is 4.71. The average molecular weight is 592 g/mol. The molecule has 7 rings (SSSR count). The van der Waals surface area contributed by atoms with Gasteiger partial charge >= 0.3 is 0 Å². The van der Waals surface area contributed by atoms with Crippen molar-refractivity contribution in [1.29, 1.82) is 0 Å². The first kappa shape index (κ1) is 28.3. The predicted molar refractivity (Wildman–Crippen MR) is 179 cm³/mol. The van der Waals surface area contributed by atoms with Gasteiger partial charge in [-0.25, -0.2) is 15.0 Å². The van der Waals surface area contributed by atoms with Gasteiger partial charge < -0.3 is 15.3 Å². The van der Waals surface area contributed by atoms with Gasteiger partial charge in [-0.1, -0.05) is 72.8 Å². The minimum absolute atomic E-state index is 0.199. The Labute approximate surface area is 261 Å². The molecule has 0 aliphatic carbocycles. The molecule has 0 unspecified atom stereocenters. The van der Waals surface area contributed by atoms with Gasteiger partial charge in [-0.2, -0.15) is 0 Å². The molecule has 0 atom stereocenters. The number of aromatic hydroxyl groups is 3. The molecule has 3 N–H and O–H groups in total. The topological polar surface area (TPSA) is 99.4 Å². The van der Waals surface area contributed by atoms with E-state index in [9.17, 15) is 15.3 Å². The smallest absolute Gasteiger partial charge is 0.141 e. The lowest BCUT2D eigenvalue weighted by atomic mass is 9.96. The molecule has 6 heteroatoms. The van der Waals surface area contributed by atoms with Crippen molar-refractivity contribution in [2.24, 2.45) is 0 Å². The lowest BCUT2D eigenvalue weighted by Crippen LogP contribution is -2.02. The van der Waals surface area contributed by atoms with Gasteiger partial charge in [-0.3, -0.25) is 0 Å². The van der Waals surface area contributed by atoms with Crippen LogP contribution in [0.3, 0.4) is 0 Å². The molecule has 0 saturated heterocycles. The highest BCUT2D eigenvalue weighted by Crippen LogP contribution is 2.26. The second kappa shape index (κ2) is 12.2. The zero-order valence-corrected chi connectivity index (χ0v) is 24.8. The monoisotopic (exact) mass is 591 g/mol. The fraction of sp³-hybridized carbons (Fsp3) is 0.154. The summed E-state index contributed by atoms with van der Waals surface area (Å²) < 4.78 is 0. The first-order valence-corrected chi connectivity index (χ1v) is 15.3. The van der Waals surface area contributed by atoms with Crippen LogP contribution in [0.4, 0.5) is 0 Å². The maximum absolute atomic E-state index is 10.3. The summed E-state index contributed by atoms with van der Waals surface area (Å²) in [5.41, 5.74) is 8.41. The van der Waals surface area contributed by atoms with Gasteiger partial charge in [-0.15, -0.1) is 0 Å². The van der Waals surface area contributed by atoms with E-state index in [2.05, 4.69) is 18.2 Å². The highest BCUT2D eigenvalue weighted by atomic mass is 16.3. The Morgan fingerprint density at radius 2 is 0.667 bits per heavy atom. The fourth-order valence-corrected chi connectivity index (χ4v) is 6.02. The van der Waals surface area contributed by atoms with Crippen LogP contribution in [0, 0.1) is 0 Å². The standard InChI is InChI=1S/C39H33N3O3/c43-34-7-1-4-28-13-19-31(40-37(28)34)16-10-25-22-26(11-17-32-20-14-29-5-2-8-35(44)38(29)41-32)24-27(23-25)12-18-33-21-15-30-6-3-9-36(45)39(30)42-33/h1-9,13-15,19-24,43-45H,10-12,16-18H2. The third-order valence-electron chi connectivity index (χ3n) is 8.39. The molecular weight excluding hydrogens is 558 g/mol. The molecule has 7 aromatic rings. The molecule has 0 amide bonds. The van der Waals surface area contributed by atoms with E-state index in [1.807, 2.05) is 72.8 Å². The van der Waals surface area contributed by atoms with Crippen LogP contribution < -0.4 is 0 Å². The number of pyridine rings is 3. The second-order valence-electron chi connectivity index (χ2n) is 11.6. The van der Waals surface area contributed by atoms with E-state index < -0.39 is 0 Å². The predicted octanol–water partition coefficient (Wildman–Crippen LogP) is 7.80. The number of rotatable bonds is 9. The Balaban J connectivity index is 1.13. The highest BCUT2D eigenvalue weighted by molar-refractivity contribution is 5.85. The normalized spacial score (nSPS) is 11.5. The van der Waals surface area contributed by atoms with Crippen LogP contribution in [-0.4, -0.2) is 30.3 Å². The number of fused-ring (bicyclic) bond motifs is 3. The van der Waals surface area contributed by atoms with Crippen LogP contribution in [0.2, 0.25) is 0 Å². The van der Waals surface area contributed by atoms with Gasteiger partial charge in [-0.05, 0) is 91.6 Å². The molecule has 0 spiro atoms. The van der Waals surface area contributed by atoms with Crippen LogP contribution in [0.15, 0.2) is 109 Å². The summed E-state index contributed by atoms with van der Waals surface area (Å²) in [5, 5.41) is 33.7. The molecule has 45 heavy (non-hydrogen) atoms. The number of para-hydroxylation sites is 3. The molecule has 4 aromatic carbocycles. The van der Waals surface area contributed by atoms with E-state index >= 15 is 0 Å². The van der Waals surface area contributed by atoms with Crippen molar-refractivity contribution < 1.29 is 15.3 Å². The SMILES string of the molecule is Oc1cccc2ccc(CCc3cc(CCc4ccc5cccc(O)c5n4)cc(CCc4ccc5cccc(O)c5n4)c3)nc12. The summed E-state index contributed by atoms with van der Waals surface area (Å²) in [5.74, 6) is 0.597. The fourth-order valence-electron chi connectivity index (χ4n) is 6.02. The maximum atomic E-state index is 10.3. The van der Waals surface area contributed by atoms with E-state index in [0.29, 0.717) is 16.6 Å². The largest absolute Gasteiger partial charge is 0.506 e. The summed E-state index contributed by atoms with van der Waals surface area (Å²) in [7, 11) is 0. The van der Waals surface area contributed by atoms with Crippen LogP contribution in [-0.2, 0) is 38.5 Å². The van der Waals surface area contributed by atoms with Crippen molar-refractivity contribution in [2.45, 2.75) is 38.5 Å². The zero-order chi connectivity index (χ0) is 30.8. The third kappa shape index (κ3) is 6.27. The number of aromatic nitrogens is 3. The first-order valence-electron chi connectivity index (χ1n) is 15.3. The van der Waals surface area contributed by atoms with Crippen molar-refractivity contribution in [3.05, 3.63) is 143 Å². The first-order chi connectivity index (χ1) is 22.0. The molecule has 6 nitrogen and oxygen atoms in total. The van der Waals surface area contributed by atoms with E-state index in [0.717, 1.165) is 71.8 Å². The Morgan fingerprint density at radius 1 is 0.356 bits per heavy atom. The van der Waals surface area contributed by atoms with E-state index in [1.165, 1.54) is 16.7 Å². The van der Waals surface area contributed by atoms with E-state index in [4.69, 9.17) is 15.0 Å². The number of phenolic OH excluding ortho intramolecular Hbond substituents is 3. The summed E-state index contributed by atoms with van der Waals surface area (Å²) in [6.45, 7) is 0. The Bertz CT molecular complexity index is 1920. The molecule has 0 fully saturated rings. The number of phenols is 3. The quantitative estimate of drug-likeness (QED) is 0.158. The molecule has 0 aliphatic rings. The highest BCUT2D eigenvalue weighted by Gasteiger charge is 2.09. The Morgan fingerprint density at radius 3 is 0.978 bits per heavy atom. The van der Waals surface area contributed by atoms with Gasteiger partial charge in [0.2, 0.25) is 0 Å². The Hall–Kier alpha value is -5.49. The number of benzene rings is 4. The van der Waals surface area contributed by atoms with Crippen LogP contribution in [0.1, 0.15) is 33.8 Å². The number of hydrogen-bond acceptors (Lipinski definition) is 6. The maximum Gasteiger partial charge on any atom is 0.141 e. The molecule has 0 bridgehead atoms. The van der Waals surface area contributed by atoms with Gasteiger partial charge in [0, 0.05) is 33.2 Å². The molecule has 0 radical (unpaired) electrons. The lowest BCUT2D eigenvalue weighted by Gasteiger charge is -2.12. The van der Waals surface area contributed by atoms with Crippen molar-refractivity contribution in [1.82, 2.24) is 15.0 Å². The van der Waals surface area contributed by atoms with Gasteiger partial charge in [0.25, 0.3) is 0 Å². The van der Waals surface area contributed by atoms with E-state index in [1.54, 1.807) is 18.2 Å². The third-order valence-corrected chi connectivity index (χ3v) is 8.39. The van der Waals surface area contributed by atoms with Gasteiger partial charge in [0.05, 0.1) is 0 Å². The van der Waals surface area contributed by atoms with Crippen LogP contribution >= 0.6 is 0 Å². The number of nitrogens with zero attached hydrogens (tertiary/aromatic N) is 3. The minimum Gasteiger partial charge on any atom is -0.506 e. The van der Waals surface area contributed by atoms with Crippen molar-refractivity contribution >= 4 is 32.7 Å². The second-order valence-corrected chi connectivity index (χ2v) is 11.6. The molecule has 3 heterocycles. The summed E-state index contributed by atoms with van der Waals surface area (Å²) in [4.78, 5) is 14.2. The number of hydrogen-bond donors (Lipinski definition) is 3. The average Bonchev–Trinajstić information content (AvgIpc) is 3.06. The molecule has 222 valence electrons. The Kier molecular flexibility index (Phi) is 7.70. The van der Waals surface area contributed by atoms with E-state index in [-0.39, 0.29) is 17.2 Å². The van der Waals surface area contributed by atoms with Crippen molar-refractivity contribution in [2.75, 3.05) is 0 Å². The van der Waals surface area contributed by atoms with Crippen LogP contribution in [0.25, 0.3) is 32.7 Å². The van der Waals surface area contributed by atoms with Crippen LogP contribution in [0.5, 0.6) is 17.2 Å². The molecule has 0 aliphatic heterocycles. The summed E-state index contributed by atoms with van der Waals surface area (Å²) in [6, 6.07) is 35.4. The number of aryl methyl sites for hydroxylation is 6. The molecular formula is C39H33N3O3. The zero-order valence-electron chi connectivity index (χ0n) is 24.8. The van der Waals surface area contributed by atoms with Crippen molar-refractivity contribution in [3.63, 3.8) is 0 Å². The lowest BCUT2D eigenvalue weighted by molar-refractivity contribution is 0.479. The molecule has 3 aromatic heterocycles. The van der Waals surface area contributed by atoms with Gasteiger partial charge in [0.15, 0.2) is 0 Å². The minimum atomic E-state index is 0.199. The van der Waals surface area contributed by atoms with Crippen molar-refractivity contribution in [3.8, 4) is 17.2 Å². The van der Waals surface area contributed by atoms with Gasteiger partial charge in [0.1, 0.15) is 33.8 Å².